The molecule has 1 aromatic rings. The van der Waals surface area contributed by atoms with Crippen molar-refractivity contribution in [1.29, 1.82) is 0 Å². The molecule has 1 fully saturated rings. The van der Waals surface area contributed by atoms with Crippen molar-refractivity contribution in [2.45, 2.75) is 38.9 Å². The van der Waals surface area contributed by atoms with E-state index in [2.05, 4.69) is 18.8 Å². The van der Waals surface area contributed by atoms with Gasteiger partial charge in [0.2, 0.25) is 0 Å². The molecule has 1 aromatic heterocycles. The highest BCUT2D eigenvalue weighted by Gasteiger charge is 2.29. The molecule has 21 heavy (non-hydrogen) atoms. The van der Waals surface area contributed by atoms with Crippen LogP contribution in [0.2, 0.25) is 0 Å². The predicted octanol–water partition coefficient (Wildman–Crippen LogP) is 2.69. The first-order valence-corrected chi connectivity index (χ1v) is 8.07. The Balaban J connectivity index is 2.26. The molecule has 1 amide bonds. The fourth-order valence-electron chi connectivity index (χ4n) is 2.67. The molecule has 1 saturated heterocycles. The summed E-state index contributed by atoms with van der Waals surface area (Å²) >= 11 is 1.88. The Morgan fingerprint density at radius 1 is 1.29 bits per heavy atom. The van der Waals surface area contributed by atoms with Crippen LogP contribution in [0.5, 0.6) is 0 Å². The van der Waals surface area contributed by atoms with E-state index in [0.717, 1.165) is 12.2 Å². The Morgan fingerprint density at radius 2 is 1.95 bits per heavy atom. The SMILES string of the molecule is Cc1[nH]c(C(=O)O)c(C)c1C(=O)N1CCSC(C)(C)CC1. The average molecular weight is 310 g/mol. The second-order valence-electron chi connectivity index (χ2n) is 6.08. The normalized spacial score (nSPS) is 18.4. The molecule has 116 valence electrons. The first-order chi connectivity index (χ1) is 9.73. The zero-order valence-corrected chi connectivity index (χ0v) is 13.8. The van der Waals surface area contributed by atoms with Gasteiger partial charge in [0, 0.05) is 29.3 Å². The molecule has 0 saturated carbocycles. The molecule has 0 spiro atoms. The zero-order chi connectivity index (χ0) is 15.8. The maximum Gasteiger partial charge on any atom is 0.352 e. The molecule has 1 aliphatic rings. The fraction of sp³-hybridized carbons (Fsp3) is 0.600. The molecule has 2 rings (SSSR count). The van der Waals surface area contributed by atoms with Gasteiger partial charge in [-0.1, -0.05) is 13.8 Å². The highest BCUT2D eigenvalue weighted by molar-refractivity contribution is 8.00. The molecular formula is C15H22N2O3S. The molecule has 5 nitrogen and oxygen atoms in total. The number of aromatic carboxylic acids is 1. The van der Waals surface area contributed by atoms with E-state index in [-0.39, 0.29) is 16.3 Å². The van der Waals surface area contributed by atoms with Crippen molar-refractivity contribution in [2.75, 3.05) is 18.8 Å². The zero-order valence-electron chi connectivity index (χ0n) is 12.9. The smallest absolute Gasteiger partial charge is 0.352 e. The van der Waals surface area contributed by atoms with Crippen molar-refractivity contribution in [3.05, 3.63) is 22.5 Å². The summed E-state index contributed by atoms with van der Waals surface area (Å²) in [5.74, 6) is -0.179. The number of nitrogens with one attached hydrogen (secondary N) is 1. The Kier molecular flexibility index (Phi) is 4.37. The van der Waals surface area contributed by atoms with Gasteiger partial charge >= 0.3 is 5.97 Å². The maximum absolute atomic E-state index is 12.7. The first kappa shape index (κ1) is 15.9. The van der Waals surface area contributed by atoms with Crippen LogP contribution in [0.3, 0.4) is 0 Å². The molecule has 1 aliphatic heterocycles. The van der Waals surface area contributed by atoms with Crippen LogP contribution in [0.15, 0.2) is 0 Å². The summed E-state index contributed by atoms with van der Waals surface area (Å²) < 4.78 is 0.184. The van der Waals surface area contributed by atoms with Gasteiger partial charge < -0.3 is 15.0 Å². The highest BCUT2D eigenvalue weighted by atomic mass is 32.2. The average Bonchev–Trinajstić information content (AvgIpc) is 2.55. The Morgan fingerprint density at radius 3 is 2.52 bits per heavy atom. The molecule has 2 N–H and O–H groups in total. The lowest BCUT2D eigenvalue weighted by Crippen LogP contribution is -2.34. The van der Waals surface area contributed by atoms with Crippen LogP contribution >= 0.6 is 11.8 Å². The van der Waals surface area contributed by atoms with E-state index in [1.807, 2.05) is 16.7 Å². The third-order valence-corrected chi connectivity index (χ3v) is 5.36. The Bertz CT molecular complexity index is 578. The fourth-order valence-corrected chi connectivity index (χ4v) is 3.77. The van der Waals surface area contributed by atoms with Crippen molar-refractivity contribution in [3.63, 3.8) is 0 Å². The van der Waals surface area contributed by atoms with Crippen LogP contribution in [0.4, 0.5) is 0 Å². The topological polar surface area (TPSA) is 73.4 Å². The Labute approximate surface area is 129 Å². The molecule has 0 unspecified atom stereocenters. The summed E-state index contributed by atoms with van der Waals surface area (Å²) in [6.45, 7) is 9.26. The third kappa shape index (κ3) is 3.26. The van der Waals surface area contributed by atoms with E-state index in [1.54, 1.807) is 13.8 Å². The molecule has 2 heterocycles. The number of H-pyrrole nitrogens is 1. The van der Waals surface area contributed by atoms with Crippen molar-refractivity contribution in [2.24, 2.45) is 0 Å². The van der Waals surface area contributed by atoms with E-state index in [0.29, 0.717) is 29.9 Å². The van der Waals surface area contributed by atoms with E-state index >= 15 is 0 Å². The van der Waals surface area contributed by atoms with Gasteiger partial charge in [-0.2, -0.15) is 11.8 Å². The van der Waals surface area contributed by atoms with E-state index in [1.165, 1.54) is 0 Å². The van der Waals surface area contributed by atoms with Gasteiger partial charge in [0.15, 0.2) is 0 Å². The standard InChI is InChI=1S/C15H22N2O3S/c1-9-11(10(2)16-12(9)14(19)20)13(18)17-6-5-15(3,4)21-8-7-17/h16H,5-8H2,1-4H3,(H,19,20). The van der Waals surface area contributed by atoms with Gasteiger partial charge in [0.1, 0.15) is 5.69 Å². The van der Waals surface area contributed by atoms with Crippen LogP contribution in [-0.2, 0) is 0 Å². The number of carboxylic acid groups (broad SMARTS) is 1. The summed E-state index contributed by atoms with van der Waals surface area (Å²) in [6, 6.07) is 0. The summed E-state index contributed by atoms with van der Waals surface area (Å²) in [7, 11) is 0. The van der Waals surface area contributed by atoms with Gasteiger partial charge in [-0.25, -0.2) is 4.79 Å². The van der Waals surface area contributed by atoms with Crippen molar-refractivity contribution >= 4 is 23.6 Å². The predicted molar refractivity (Wildman–Crippen MR) is 84.3 cm³/mol. The lowest BCUT2D eigenvalue weighted by atomic mass is 10.1. The first-order valence-electron chi connectivity index (χ1n) is 7.08. The quantitative estimate of drug-likeness (QED) is 0.881. The van der Waals surface area contributed by atoms with E-state index in [4.69, 9.17) is 5.11 Å². The van der Waals surface area contributed by atoms with Crippen LogP contribution in [-0.4, -0.2) is 50.5 Å². The molecule has 6 heteroatoms. The number of carbonyl (C=O) groups is 2. The minimum Gasteiger partial charge on any atom is -0.477 e. The number of carbonyl (C=O) groups excluding carboxylic acids is 1. The second kappa shape index (κ2) is 5.75. The molecule has 0 aromatic carbocycles. The number of thioether (sulfide) groups is 1. The van der Waals surface area contributed by atoms with Crippen molar-refractivity contribution in [3.8, 4) is 0 Å². The van der Waals surface area contributed by atoms with Crippen LogP contribution in [0.1, 0.15) is 52.4 Å². The number of hydrogen-bond acceptors (Lipinski definition) is 3. The molecular weight excluding hydrogens is 288 g/mol. The van der Waals surface area contributed by atoms with Crippen molar-refractivity contribution in [1.82, 2.24) is 9.88 Å². The third-order valence-electron chi connectivity index (χ3n) is 3.99. The highest BCUT2D eigenvalue weighted by Crippen LogP contribution is 2.31. The lowest BCUT2D eigenvalue weighted by molar-refractivity contribution is 0.0690. The molecule has 0 bridgehead atoms. The maximum atomic E-state index is 12.7. The van der Waals surface area contributed by atoms with Gasteiger partial charge in [-0.15, -0.1) is 0 Å². The van der Waals surface area contributed by atoms with Gasteiger partial charge in [-0.05, 0) is 25.8 Å². The van der Waals surface area contributed by atoms with Gasteiger partial charge in [0.05, 0.1) is 5.56 Å². The summed E-state index contributed by atoms with van der Waals surface area (Å²) in [4.78, 5) is 28.6. The van der Waals surface area contributed by atoms with Crippen LogP contribution < -0.4 is 0 Å². The lowest BCUT2D eigenvalue weighted by Gasteiger charge is -2.23. The molecule has 0 radical (unpaired) electrons. The van der Waals surface area contributed by atoms with E-state index in [9.17, 15) is 9.59 Å². The number of nitrogens with zero attached hydrogens (tertiary/aromatic N) is 1. The minimum atomic E-state index is -1.03. The Hall–Kier alpha value is -1.43. The number of aromatic amines is 1. The molecule has 0 atom stereocenters. The largest absolute Gasteiger partial charge is 0.477 e. The van der Waals surface area contributed by atoms with Crippen LogP contribution in [0, 0.1) is 13.8 Å². The number of aryl methyl sites for hydroxylation is 1. The van der Waals surface area contributed by atoms with Gasteiger partial charge in [0.25, 0.3) is 5.91 Å². The summed E-state index contributed by atoms with van der Waals surface area (Å²) in [5.41, 5.74) is 1.78. The molecule has 0 aliphatic carbocycles. The second-order valence-corrected chi connectivity index (χ2v) is 7.88. The number of aromatic nitrogens is 1. The van der Waals surface area contributed by atoms with Crippen molar-refractivity contribution < 1.29 is 14.7 Å². The number of carboxylic acids is 1. The summed E-state index contributed by atoms with van der Waals surface area (Å²) in [6.07, 6.45) is 0.942. The van der Waals surface area contributed by atoms with E-state index < -0.39 is 5.97 Å². The number of hydrogen-bond donors (Lipinski definition) is 2. The minimum absolute atomic E-state index is 0.0629. The number of rotatable bonds is 2. The monoisotopic (exact) mass is 310 g/mol. The van der Waals surface area contributed by atoms with Gasteiger partial charge in [-0.3, -0.25) is 4.79 Å². The summed E-state index contributed by atoms with van der Waals surface area (Å²) in [5, 5.41) is 9.15. The van der Waals surface area contributed by atoms with Crippen LogP contribution in [0.25, 0.3) is 0 Å². The number of amides is 1.